The van der Waals surface area contributed by atoms with Crippen LogP contribution in [0.1, 0.15) is 76.6 Å². The fourth-order valence-corrected chi connectivity index (χ4v) is 4.11. The van der Waals surface area contributed by atoms with Gasteiger partial charge in [0.2, 0.25) is 0 Å². The first-order chi connectivity index (χ1) is 15.8. The van der Waals surface area contributed by atoms with E-state index >= 15 is 0 Å². The van der Waals surface area contributed by atoms with E-state index in [4.69, 9.17) is 14.2 Å². The van der Waals surface area contributed by atoms with E-state index in [0.717, 1.165) is 44.0 Å². The van der Waals surface area contributed by atoms with Crippen LogP contribution in [-0.4, -0.2) is 19.8 Å². The number of hydrogen-bond donors (Lipinski definition) is 0. The maximum absolute atomic E-state index is 6.04. The summed E-state index contributed by atoms with van der Waals surface area (Å²) < 4.78 is 17.9. The highest BCUT2D eigenvalue weighted by atomic mass is 16.7. The molecule has 3 rings (SSSR count). The van der Waals surface area contributed by atoms with Crippen molar-refractivity contribution in [2.75, 3.05) is 19.8 Å². The Morgan fingerprint density at radius 2 is 1.47 bits per heavy atom. The molecule has 1 aliphatic heterocycles. The van der Waals surface area contributed by atoms with Gasteiger partial charge in [0.1, 0.15) is 5.75 Å². The summed E-state index contributed by atoms with van der Waals surface area (Å²) in [7, 11) is 0. The van der Waals surface area contributed by atoms with Crippen LogP contribution in [0.25, 0.3) is 11.1 Å². The van der Waals surface area contributed by atoms with Crippen LogP contribution in [0.5, 0.6) is 5.75 Å². The van der Waals surface area contributed by atoms with E-state index in [2.05, 4.69) is 49.9 Å². The van der Waals surface area contributed by atoms with Gasteiger partial charge in [0.05, 0.1) is 19.8 Å². The first kappa shape index (κ1) is 24.5. The van der Waals surface area contributed by atoms with Crippen LogP contribution >= 0.6 is 0 Å². The quantitative estimate of drug-likeness (QED) is 0.221. The second-order valence-corrected chi connectivity index (χ2v) is 8.85. The maximum Gasteiger partial charge on any atom is 0.183 e. The molecule has 0 bridgehead atoms. The number of hydrogen-bond acceptors (Lipinski definition) is 3. The van der Waals surface area contributed by atoms with Crippen molar-refractivity contribution in [3.63, 3.8) is 0 Å². The Morgan fingerprint density at radius 1 is 0.844 bits per heavy atom. The van der Waals surface area contributed by atoms with Gasteiger partial charge in [-0.3, -0.25) is 0 Å². The van der Waals surface area contributed by atoms with Crippen molar-refractivity contribution in [3.8, 4) is 16.9 Å². The van der Waals surface area contributed by atoms with E-state index in [-0.39, 0.29) is 6.29 Å². The molecule has 0 aromatic heterocycles. The van der Waals surface area contributed by atoms with Crippen molar-refractivity contribution in [1.29, 1.82) is 0 Å². The minimum Gasteiger partial charge on any atom is -0.494 e. The van der Waals surface area contributed by atoms with Gasteiger partial charge in [-0.05, 0) is 42.5 Å². The molecule has 32 heavy (non-hydrogen) atoms. The summed E-state index contributed by atoms with van der Waals surface area (Å²) in [6.07, 6.45) is 12.9. The van der Waals surface area contributed by atoms with Crippen molar-refractivity contribution in [2.24, 2.45) is 5.92 Å². The smallest absolute Gasteiger partial charge is 0.183 e. The summed E-state index contributed by atoms with van der Waals surface area (Å²) in [6, 6.07) is 16.8. The van der Waals surface area contributed by atoms with Gasteiger partial charge in [-0.1, -0.05) is 87.9 Å². The minimum atomic E-state index is -0.240. The molecule has 174 valence electrons. The van der Waals surface area contributed by atoms with Crippen molar-refractivity contribution < 1.29 is 14.2 Å². The second-order valence-electron chi connectivity index (χ2n) is 8.85. The predicted octanol–water partition coefficient (Wildman–Crippen LogP) is 8.11. The molecule has 1 heterocycles. The van der Waals surface area contributed by atoms with E-state index in [1.807, 2.05) is 18.2 Å². The number of benzene rings is 2. The number of ether oxygens (including phenoxy) is 3. The zero-order chi connectivity index (χ0) is 22.4. The monoisotopic (exact) mass is 436 g/mol. The summed E-state index contributed by atoms with van der Waals surface area (Å²) >= 11 is 0. The Hall–Kier alpha value is -2.10. The Balaban J connectivity index is 1.40. The number of unbranched alkanes of at least 4 members (excludes halogenated alkanes) is 6. The zero-order valence-electron chi connectivity index (χ0n) is 19.8. The van der Waals surface area contributed by atoms with Crippen molar-refractivity contribution in [3.05, 3.63) is 66.7 Å². The average Bonchev–Trinajstić information content (AvgIpc) is 2.85. The molecule has 2 aromatic carbocycles. The van der Waals surface area contributed by atoms with Crippen LogP contribution in [0.2, 0.25) is 0 Å². The van der Waals surface area contributed by atoms with Gasteiger partial charge >= 0.3 is 0 Å². The zero-order valence-corrected chi connectivity index (χ0v) is 19.8. The maximum atomic E-state index is 6.04. The molecule has 0 aliphatic carbocycles. The van der Waals surface area contributed by atoms with Crippen LogP contribution < -0.4 is 4.74 Å². The normalized spacial score (nSPS) is 18.4. The van der Waals surface area contributed by atoms with E-state index < -0.39 is 0 Å². The third-order valence-corrected chi connectivity index (χ3v) is 6.12. The van der Waals surface area contributed by atoms with Crippen molar-refractivity contribution in [2.45, 2.75) is 71.0 Å². The molecule has 0 spiro atoms. The molecule has 1 fully saturated rings. The molecule has 1 aliphatic rings. The lowest BCUT2D eigenvalue weighted by Gasteiger charge is -2.29. The number of rotatable bonds is 14. The third-order valence-electron chi connectivity index (χ3n) is 6.12. The van der Waals surface area contributed by atoms with Crippen LogP contribution in [0, 0.1) is 5.92 Å². The SMILES string of the molecule is C=CCCCOc1ccc(-c2ccc(C3OCC(CCCCCCCC)CO3)cc2)cc1. The van der Waals surface area contributed by atoms with E-state index in [0.29, 0.717) is 5.92 Å². The molecule has 0 N–H and O–H groups in total. The summed E-state index contributed by atoms with van der Waals surface area (Å²) in [5.74, 6) is 1.45. The summed E-state index contributed by atoms with van der Waals surface area (Å²) in [6.45, 7) is 8.33. The summed E-state index contributed by atoms with van der Waals surface area (Å²) in [5, 5.41) is 0. The fourth-order valence-electron chi connectivity index (χ4n) is 4.11. The van der Waals surface area contributed by atoms with Crippen LogP contribution in [0.4, 0.5) is 0 Å². The van der Waals surface area contributed by atoms with Crippen molar-refractivity contribution in [1.82, 2.24) is 0 Å². The third kappa shape index (κ3) is 8.11. The first-order valence-corrected chi connectivity index (χ1v) is 12.5. The van der Waals surface area contributed by atoms with Gasteiger partial charge in [0.15, 0.2) is 6.29 Å². The summed E-state index contributed by atoms with van der Waals surface area (Å²) in [5.41, 5.74) is 3.46. The van der Waals surface area contributed by atoms with E-state index in [9.17, 15) is 0 Å². The molecule has 0 radical (unpaired) electrons. The van der Waals surface area contributed by atoms with Crippen LogP contribution in [0.15, 0.2) is 61.2 Å². The Kier molecular flexibility index (Phi) is 10.8. The lowest BCUT2D eigenvalue weighted by molar-refractivity contribution is -0.206. The predicted molar refractivity (Wildman–Crippen MR) is 133 cm³/mol. The molecule has 0 saturated carbocycles. The molecule has 0 unspecified atom stereocenters. The van der Waals surface area contributed by atoms with Crippen LogP contribution in [0.3, 0.4) is 0 Å². The lowest BCUT2D eigenvalue weighted by atomic mass is 10.0. The second kappa shape index (κ2) is 14.1. The van der Waals surface area contributed by atoms with Gasteiger partial charge < -0.3 is 14.2 Å². The Bertz CT molecular complexity index is 758. The Morgan fingerprint density at radius 3 is 2.12 bits per heavy atom. The number of allylic oxidation sites excluding steroid dienone is 1. The molecule has 3 nitrogen and oxygen atoms in total. The average molecular weight is 437 g/mol. The minimum absolute atomic E-state index is 0.240. The molecule has 0 amide bonds. The van der Waals surface area contributed by atoms with Crippen molar-refractivity contribution >= 4 is 0 Å². The molecular weight excluding hydrogens is 396 g/mol. The van der Waals surface area contributed by atoms with Gasteiger partial charge in [0.25, 0.3) is 0 Å². The molecule has 1 saturated heterocycles. The largest absolute Gasteiger partial charge is 0.494 e. The highest BCUT2D eigenvalue weighted by molar-refractivity contribution is 5.64. The van der Waals surface area contributed by atoms with E-state index in [1.54, 1.807) is 0 Å². The van der Waals surface area contributed by atoms with Gasteiger partial charge in [-0.25, -0.2) is 0 Å². The molecular formula is C29H40O3. The fraction of sp³-hybridized carbons (Fsp3) is 0.517. The summed E-state index contributed by atoms with van der Waals surface area (Å²) in [4.78, 5) is 0. The molecule has 3 heteroatoms. The van der Waals surface area contributed by atoms with Crippen LogP contribution in [-0.2, 0) is 9.47 Å². The van der Waals surface area contributed by atoms with E-state index in [1.165, 1.54) is 56.1 Å². The first-order valence-electron chi connectivity index (χ1n) is 12.5. The topological polar surface area (TPSA) is 27.7 Å². The molecule has 2 aromatic rings. The standard InChI is InChI=1S/C29H40O3/c1-3-5-7-8-9-10-12-24-22-31-29(32-23-24)27-15-13-25(14-16-27)26-17-19-28(20-18-26)30-21-11-6-4-2/h4,13-20,24,29H,2-3,5-12,21-23H2,1H3. The van der Waals surface area contributed by atoms with Gasteiger partial charge in [-0.2, -0.15) is 0 Å². The molecule has 0 atom stereocenters. The lowest BCUT2D eigenvalue weighted by Crippen LogP contribution is -2.27. The Labute approximate surface area is 194 Å². The highest BCUT2D eigenvalue weighted by Gasteiger charge is 2.23. The highest BCUT2D eigenvalue weighted by Crippen LogP contribution is 2.30. The van der Waals surface area contributed by atoms with Gasteiger partial charge in [0, 0.05) is 11.5 Å². The van der Waals surface area contributed by atoms with Gasteiger partial charge in [-0.15, -0.1) is 6.58 Å².